The second-order valence-corrected chi connectivity index (χ2v) is 8.74. The second kappa shape index (κ2) is 11.9. The Balaban J connectivity index is 1.31. The molecule has 1 saturated heterocycles. The predicted octanol–water partition coefficient (Wildman–Crippen LogP) is 3.08. The lowest BCUT2D eigenvalue weighted by atomic mass is 10.1. The van der Waals surface area contributed by atoms with Crippen LogP contribution in [0.4, 0.5) is 4.79 Å². The van der Waals surface area contributed by atoms with Gasteiger partial charge in [-0.15, -0.1) is 0 Å². The predicted molar refractivity (Wildman–Crippen MR) is 134 cm³/mol. The van der Waals surface area contributed by atoms with Crippen molar-refractivity contribution in [2.24, 2.45) is 0 Å². The fraction of sp³-hybridized carbons (Fsp3) is 0.250. The zero-order valence-corrected chi connectivity index (χ0v) is 21.0. The van der Waals surface area contributed by atoms with E-state index >= 15 is 0 Å². The number of carbonyl (C=O) groups is 3. The van der Waals surface area contributed by atoms with Crippen LogP contribution < -0.4 is 14.5 Å². The van der Waals surface area contributed by atoms with Crippen molar-refractivity contribution in [3.8, 4) is 17.6 Å². The Labute approximate surface area is 220 Å². The van der Waals surface area contributed by atoms with E-state index in [-0.39, 0.29) is 23.3 Å². The third kappa shape index (κ3) is 6.25. The van der Waals surface area contributed by atoms with Gasteiger partial charge >= 0.3 is 12.1 Å². The molecule has 3 aromatic rings. The highest BCUT2D eigenvalue weighted by Crippen LogP contribution is 2.20. The van der Waals surface area contributed by atoms with Crippen molar-refractivity contribution in [2.45, 2.75) is 19.6 Å². The van der Waals surface area contributed by atoms with E-state index in [1.165, 1.54) is 30.5 Å². The van der Waals surface area contributed by atoms with Crippen LogP contribution in [0.2, 0.25) is 0 Å². The summed E-state index contributed by atoms with van der Waals surface area (Å²) in [6.07, 6.45) is 2.34. The molecule has 0 bridgehead atoms. The standard InChI is InChI=1S/C28H26N4O6/c1-19-17-31(28(35)38-25-13-23(15-30-16-25)27(34)36-2)10-11-32(19)26(33)22-6-8-24(9-7-22)37-18-21-5-3-4-20(12-21)14-29/h3-9,12-13,15-16,19H,10-11,17-18H2,1-2H3/p+1. The van der Waals surface area contributed by atoms with E-state index in [0.29, 0.717) is 43.1 Å². The lowest BCUT2D eigenvalue weighted by Gasteiger charge is -2.39. The highest BCUT2D eigenvalue weighted by molar-refractivity contribution is 5.94. The number of nitriles is 1. The Kier molecular flexibility index (Phi) is 8.18. The first-order chi connectivity index (χ1) is 18.4. The molecule has 2 aromatic carbocycles. The first-order valence-corrected chi connectivity index (χ1v) is 12.0. The van der Waals surface area contributed by atoms with Gasteiger partial charge in [0.25, 0.3) is 5.91 Å². The molecule has 10 nitrogen and oxygen atoms in total. The number of methoxy groups -OCH3 is 1. The van der Waals surface area contributed by atoms with Crippen LogP contribution in [0.1, 0.15) is 38.8 Å². The molecule has 0 radical (unpaired) electrons. The number of nitrogens with one attached hydrogen (secondary N) is 1. The Morgan fingerprint density at radius 1 is 1.03 bits per heavy atom. The molecule has 0 aliphatic carbocycles. The zero-order chi connectivity index (χ0) is 27.1. The molecule has 4 rings (SSSR count). The summed E-state index contributed by atoms with van der Waals surface area (Å²) in [4.78, 5) is 43.5. The molecule has 1 unspecified atom stereocenters. The summed E-state index contributed by atoms with van der Waals surface area (Å²) >= 11 is 0. The number of carbonyl (C=O) groups excluding carboxylic acids is 3. The molecule has 1 aliphatic heterocycles. The molecule has 0 spiro atoms. The van der Waals surface area contributed by atoms with E-state index in [9.17, 15) is 14.4 Å². The number of hydrogen-bond donors (Lipinski definition) is 0. The van der Waals surface area contributed by atoms with Crippen molar-refractivity contribution in [3.63, 3.8) is 0 Å². The number of ether oxygens (including phenoxy) is 3. The van der Waals surface area contributed by atoms with Crippen molar-refractivity contribution >= 4 is 18.0 Å². The number of pyridine rings is 1. The lowest BCUT2D eigenvalue weighted by molar-refractivity contribution is -0.379. The molecule has 1 fully saturated rings. The minimum atomic E-state index is -0.568. The van der Waals surface area contributed by atoms with Gasteiger partial charge in [0, 0.05) is 37.3 Å². The molecule has 0 saturated carbocycles. The molecular weight excluding hydrogens is 488 g/mol. The van der Waals surface area contributed by atoms with E-state index in [4.69, 9.17) is 14.7 Å². The number of aromatic amines is 1. The molecule has 2 heterocycles. The summed E-state index contributed by atoms with van der Waals surface area (Å²) in [6.45, 7) is 3.13. The number of aromatic nitrogens is 1. The van der Waals surface area contributed by atoms with E-state index in [2.05, 4.69) is 15.8 Å². The fourth-order valence-electron chi connectivity index (χ4n) is 4.09. The molecule has 1 atom stereocenters. The number of piperazine rings is 1. The number of H-pyrrole nitrogens is 1. The van der Waals surface area contributed by atoms with Crippen molar-refractivity contribution in [3.05, 3.63) is 89.2 Å². The summed E-state index contributed by atoms with van der Waals surface area (Å²) in [6, 6.07) is 17.4. The Bertz CT molecular complexity index is 1370. The van der Waals surface area contributed by atoms with Crippen molar-refractivity contribution < 1.29 is 33.6 Å². The SMILES string of the molecule is COC(=O)c1c[nH+]cc(OC(=O)N2CCN(C(=O)c3ccc(OCc4cccc(C#N)c4)cc3)C(C)C2)c1. The van der Waals surface area contributed by atoms with Gasteiger partial charge in [-0.05, 0) is 48.9 Å². The zero-order valence-electron chi connectivity index (χ0n) is 21.0. The van der Waals surface area contributed by atoms with Gasteiger partial charge in [-0.3, -0.25) is 4.79 Å². The van der Waals surface area contributed by atoms with Crippen LogP contribution in [-0.4, -0.2) is 60.6 Å². The topological polar surface area (TPSA) is 123 Å². The number of rotatable bonds is 6. The molecule has 1 aromatic heterocycles. The van der Waals surface area contributed by atoms with E-state index in [1.54, 1.807) is 47.4 Å². The second-order valence-electron chi connectivity index (χ2n) is 8.74. The first-order valence-electron chi connectivity index (χ1n) is 12.0. The molecule has 10 heteroatoms. The summed E-state index contributed by atoms with van der Waals surface area (Å²) in [5.74, 6) is 0.103. The van der Waals surface area contributed by atoms with E-state index in [1.807, 2.05) is 13.0 Å². The molecule has 194 valence electrons. The van der Waals surface area contributed by atoms with Crippen LogP contribution in [0.25, 0.3) is 0 Å². The molecular formula is C28H27N4O6+. The molecule has 2 amide bonds. The minimum Gasteiger partial charge on any atom is -0.489 e. The summed E-state index contributed by atoms with van der Waals surface area (Å²) < 4.78 is 15.9. The number of amides is 2. The number of hydrogen-bond acceptors (Lipinski definition) is 7. The average Bonchev–Trinajstić information content (AvgIpc) is 2.95. The maximum atomic E-state index is 13.1. The van der Waals surface area contributed by atoms with Crippen LogP contribution in [0.15, 0.2) is 67.0 Å². The lowest BCUT2D eigenvalue weighted by Crippen LogP contribution is -2.56. The van der Waals surface area contributed by atoms with Crippen LogP contribution in [0.3, 0.4) is 0 Å². The van der Waals surface area contributed by atoms with Gasteiger partial charge in [0.1, 0.15) is 17.9 Å². The Hall–Kier alpha value is -4.91. The van der Waals surface area contributed by atoms with Crippen LogP contribution in [0.5, 0.6) is 11.5 Å². The normalized spacial score (nSPS) is 14.8. The first kappa shape index (κ1) is 26.2. The highest BCUT2D eigenvalue weighted by Gasteiger charge is 2.31. The van der Waals surface area contributed by atoms with Gasteiger partial charge in [0.05, 0.1) is 18.7 Å². The van der Waals surface area contributed by atoms with Crippen LogP contribution >= 0.6 is 0 Å². The maximum absolute atomic E-state index is 13.1. The minimum absolute atomic E-state index is 0.140. The fourth-order valence-corrected chi connectivity index (χ4v) is 4.09. The Morgan fingerprint density at radius 2 is 1.82 bits per heavy atom. The number of esters is 1. The summed E-state index contributed by atoms with van der Waals surface area (Å²) in [5.41, 5.74) is 2.19. The molecule has 1 aliphatic rings. The van der Waals surface area contributed by atoms with Crippen molar-refractivity contribution in [1.82, 2.24) is 9.80 Å². The van der Waals surface area contributed by atoms with Gasteiger partial charge in [0.2, 0.25) is 6.20 Å². The van der Waals surface area contributed by atoms with Crippen molar-refractivity contribution in [1.29, 1.82) is 5.26 Å². The van der Waals surface area contributed by atoms with Crippen LogP contribution in [0, 0.1) is 11.3 Å². The third-order valence-electron chi connectivity index (χ3n) is 6.10. The highest BCUT2D eigenvalue weighted by atomic mass is 16.6. The van der Waals surface area contributed by atoms with E-state index < -0.39 is 12.1 Å². The van der Waals surface area contributed by atoms with Gasteiger partial charge in [-0.1, -0.05) is 12.1 Å². The van der Waals surface area contributed by atoms with Gasteiger partial charge in [0.15, 0.2) is 11.9 Å². The summed E-state index contributed by atoms with van der Waals surface area (Å²) in [7, 11) is 1.27. The van der Waals surface area contributed by atoms with Gasteiger partial charge in [-0.25, -0.2) is 14.6 Å². The average molecular weight is 516 g/mol. The largest absolute Gasteiger partial charge is 0.489 e. The quantitative estimate of drug-likeness (QED) is 0.462. The smallest absolute Gasteiger partial charge is 0.415 e. The summed E-state index contributed by atoms with van der Waals surface area (Å²) in [5, 5.41) is 9.02. The van der Waals surface area contributed by atoms with Gasteiger partial charge in [-0.2, -0.15) is 5.26 Å². The third-order valence-corrected chi connectivity index (χ3v) is 6.10. The van der Waals surface area contributed by atoms with Crippen molar-refractivity contribution in [2.75, 3.05) is 26.7 Å². The van der Waals surface area contributed by atoms with E-state index in [0.717, 1.165) is 5.56 Å². The monoisotopic (exact) mass is 515 g/mol. The maximum Gasteiger partial charge on any atom is 0.415 e. The Morgan fingerprint density at radius 3 is 2.53 bits per heavy atom. The molecule has 38 heavy (non-hydrogen) atoms. The van der Waals surface area contributed by atoms with Crippen LogP contribution in [-0.2, 0) is 11.3 Å². The molecule has 1 N–H and O–H groups in total. The number of nitrogens with zero attached hydrogens (tertiary/aromatic N) is 3. The number of benzene rings is 2. The van der Waals surface area contributed by atoms with Gasteiger partial charge < -0.3 is 24.0 Å².